The maximum absolute atomic E-state index is 10.2. The number of hydrogen-bond donors (Lipinski definition) is 1. The summed E-state index contributed by atoms with van der Waals surface area (Å²) >= 11 is 0. The number of nitriles is 1. The van der Waals surface area contributed by atoms with Crippen molar-refractivity contribution in [2.45, 2.75) is 39.7 Å². The topological polar surface area (TPSA) is 53.2 Å². The van der Waals surface area contributed by atoms with Crippen LogP contribution in [-0.4, -0.2) is 24.4 Å². The van der Waals surface area contributed by atoms with E-state index in [1.807, 2.05) is 20.8 Å². The van der Waals surface area contributed by atoms with E-state index in [0.29, 0.717) is 26.1 Å². The first-order chi connectivity index (χ1) is 6.42. The van der Waals surface area contributed by atoms with Crippen LogP contribution in [0.15, 0.2) is 0 Å². The highest BCUT2D eigenvalue weighted by atomic mass is 16.5. The van der Waals surface area contributed by atoms with Crippen LogP contribution < -0.4 is 0 Å². The minimum atomic E-state index is -0.601. The van der Waals surface area contributed by atoms with E-state index in [-0.39, 0.29) is 5.41 Å². The van der Waals surface area contributed by atoms with E-state index < -0.39 is 11.5 Å². The Morgan fingerprint density at radius 3 is 2.21 bits per heavy atom. The van der Waals surface area contributed by atoms with Crippen molar-refractivity contribution >= 4 is 0 Å². The molecule has 1 atom stereocenters. The van der Waals surface area contributed by atoms with Gasteiger partial charge in [-0.05, 0) is 18.3 Å². The third-order valence-electron chi connectivity index (χ3n) is 2.95. The van der Waals surface area contributed by atoms with Gasteiger partial charge in [-0.2, -0.15) is 5.26 Å². The monoisotopic (exact) mass is 197 g/mol. The molecule has 1 aliphatic heterocycles. The van der Waals surface area contributed by atoms with Crippen molar-refractivity contribution < 1.29 is 9.84 Å². The van der Waals surface area contributed by atoms with E-state index >= 15 is 0 Å². The molecule has 0 aromatic carbocycles. The van der Waals surface area contributed by atoms with Crippen molar-refractivity contribution in [2.24, 2.45) is 10.8 Å². The summed E-state index contributed by atoms with van der Waals surface area (Å²) in [5, 5.41) is 19.4. The lowest BCUT2D eigenvalue weighted by molar-refractivity contribution is -0.0748. The van der Waals surface area contributed by atoms with Crippen LogP contribution in [0, 0.1) is 22.2 Å². The highest BCUT2D eigenvalue weighted by molar-refractivity contribution is 5.07. The Kier molecular flexibility index (Phi) is 3.18. The Morgan fingerprint density at radius 2 is 1.86 bits per heavy atom. The molecular formula is C11H19NO2. The van der Waals surface area contributed by atoms with E-state index in [1.54, 1.807) is 0 Å². The lowest BCUT2D eigenvalue weighted by Crippen LogP contribution is -2.46. The zero-order valence-corrected chi connectivity index (χ0v) is 9.21. The maximum Gasteiger partial charge on any atom is 0.0881 e. The van der Waals surface area contributed by atoms with E-state index in [2.05, 4.69) is 6.07 Å². The fourth-order valence-corrected chi connectivity index (χ4v) is 2.01. The predicted molar refractivity (Wildman–Crippen MR) is 53.6 cm³/mol. The molecule has 80 valence electrons. The van der Waals surface area contributed by atoms with Crippen LogP contribution in [0.1, 0.15) is 33.6 Å². The fraction of sp³-hybridized carbons (Fsp3) is 0.909. The molecule has 1 saturated heterocycles. The van der Waals surface area contributed by atoms with Crippen molar-refractivity contribution in [1.29, 1.82) is 5.26 Å². The number of hydrogen-bond acceptors (Lipinski definition) is 3. The summed E-state index contributed by atoms with van der Waals surface area (Å²) < 4.78 is 5.23. The molecule has 0 aromatic heterocycles. The molecule has 1 rings (SSSR count). The minimum Gasteiger partial charge on any atom is -0.391 e. The van der Waals surface area contributed by atoms with Gasteiger partial charge in [0.1, 0.15) is 0 Å². The number of aliphatic hydroxyl groups is 1. The van der Waals surface area contributed by atoms with E-state index in [1.165, 1.54) is 0 Å². The molecule has 0 saturated carbocycles. The van der Waals surface area contributed by atoms with Crippen LogP contribution in [0.4, 0.5) is 0 Å². The Hall–Kier alpha value is -0.590. The summed E-state index contributed by atoms with van der Waals surface area (Å²) in [4.78, 5) is 0. The van der Waals surface area contributed by atoms with Crippen LogP contribution in [0.25, 0.3) is 0 Å². The number of nitrogens with zero attached hydrogens (tertiary/aromatic N) is 1. The normalized spacial score (nSPS) is 23.9. The second-order valence-corrected chi connectivity index (χ2v) is 5.15. The summed E-state index contributed by atoms with van der Waals surface area (Å²) in [7, 11) is 0. The molecule has 0 spiro atoms. The van der Waals surface area contributed by atoms with Crippen LogP contribution in [0.5, 0.6) is 0 Å². The van der Waals surface area contributed by atoms with Crippen molar-refractivity contribution in [3.63, 3.8) is 0 Å². The number of rotatable bonds is 1. The van der Waals surface area contributed by atoms with Gasteiger partial charge in [0.25, 0.3) is 0 Å². The lowest BCUT2D eigenvalue weighted by Gasteiger charge is -2.41. The molecular weight excluding hydrogens is 178 g/mol. The SMILES string of the molecule is CC(C)(C)C(O)C1(C#N)CCOCC1. The third kappa shape index (κ3) is 2.08. The van der Waals surface area contributed by atoms with Crippen molar-refractivity contribution in [2.75, 3.05) is 13.2 Å². The van der Waals surface area contributed by atoms with Crippen molar-refractivity contribution in [1.82, 2.24) is 0 Å². The predicted octanol–water partition coefficient (Wildman–Crippen LogP) is 1.71. The Labute approximate surface area is 85.7 Å². The molecule has 1 N–H and O–H groups in total. The van der Waals surface area contributed by atoms with Gasteiger partial charge in [-0.25, -0.2) is 0 Å². The third-order valence-corrected chi connectivity index (χ3v) is 2.95. The minimum absolute atomic E-state index is 0.243. The summed E-state index contributed by atoms with van der Waals surface area (Å²) in [5.74, 6) is 0. The average Bonchev–Trinajstić information content (AvgIpc) is 2.16. The Morgan fingerprint density at radius 1 is 1.36 bits per heavy atom. The largest absolute Gasteiger partial charge is 0.391 e. The van der Waals surface area contributed by atoms with Crippen molar-refractivity contribution in [3.05, 3.63) is 0 Å². The van der Waals surface area contributed by atoms with E-state index in [9.17, 15) is 10.4 Å². The van der Waals surface area contributed by atoms with Gasteiger partial charge in [0, 0.05) is 13.2 Å². The molecule has 0 aliphatic carbocycles. The van der Waals surface area contributed by atoms with Gasteiger partial charge in [0.2, 0.25) is 0 Å². The van der Waals surface area contributed by atoms with Gasteiger partial charge in [0.05, 0.1) is 17.6 Å². The standard InChI is InChI=1S/C11H19NO2/c1-10(2,3)9(13)11(8-12)4-6-14-7-5-11/h9,13H,4-7H2,1-3H3. The van der Waals surface area contributed by atoms with Crippen LogP contribution in [-0.2, 0) is 4.74 Å². The lowest BCUT2D eigenvalue weighted by atomic mass is 9.67. The zero-order valence-electron chi connectivity index (χ0n) is 9.21. The van der Waals surface area contributed by atoms with E-state index in [4.69, 9.17) is 4.74 Å². The van der Waals surface area contributed by atoms with Crippen molar-refractivity contribution in [3.8, 4) is 6.07 Å². The molecule has 0 aromatic rings. The molecule has 1 aliphatic rings. The molecule has 3 heteroatoms. The molecule has 0 bridgehead atoms. The molecule has 0 amide bonds. The van der Waals surface area contributed by atoms with Gasteiger partial charge in [-0.1, -0.05) is 20.8 Å². The molecule has 0 radical (unpaired) electrons. The van der Waals surface area contributed by atoms with Gasteiger partial charge in [-0.3, -0.25) is 0 Å². The highest BCUT2D eigenvalue weighted by Gasteiger charge is 2.45. The first-order valence-electron chi connectivity index (χ1n) is 5.09. The second kappa shape index (κ2) is 3.88. The smallest absolute Gasteiger partial charge is 0.0881 e. The fourth-order valence-electron chi connectivity index (χ4n) is 2.01. The average molecular weight is 197 g/mol. The molecule has 1 unspecified atom stereocenters. The quantitative estimate of drug-likeness (QED) is 0.696. The first kappa shape index (κ1) is 11.5. The van der Waals surface area contributed by atoms with Gasteiger partial charge in [0.15, 0.2) is 0 Å². The summed E-state index contributed by atoms with van der Waals surface area (Å²) in [6, 6.07) is 2.29. The zero-order chi connectivity index (χ0) is 10.8. The molecule has 3 nitrogen and oxygen atoms in total. The Balaban J connectivity index is 2.84. The summed E-state index contributed by atoms with van der Waals surface area (Å²) in [5.41, 5.74) is -0.844. The van der Waals surface area contributed by atoms with Gasteiger partial charge in [-0.15, -0.1) is 0 Å². The van der Waals surface area contributed by atoms with Crippen LogP contribution in [0.3, 0.4) is 0 Å². The second-order valence-electron chi connectivity index (χ2n) is 5.15. The number of ether oxygens (including phenoxy) is 1. The van der Waals surface area contributed by atoms with Gasteiger partial charge < -0.3 is 9.84 Å². The molecule has 1 heterocycles. The van der Waals surface area contributed by atoms with E-state index in [0.717, 1.165) is 0 Å². The summed E-state index contributed by atoms with van der Waals surface area (Å²) in [6.07, 6.45) is 0.702. The highest BCUT2D eigenvalue weighted by Crippen LogP contribution is 2.41. The number of aliphatic hydroxyl groups excluding tert-OH is 1. The summed E-state index contributed by atoms with van der Waals surface area (Å²) in [6.45, 7) is 7.06. The maximum atomic E-state index is 10.2. The molecule has 1 fully saturated rings. The van der Waals surface area contributed by atoms with Gasteiger partial charge >= 0.3 is 0 Å². The first-order valence-corrected chi connectivity index (χ1v) is 5.09. The van der Waals surface area contributed by atoms with Crippen LogP contribution >= 0.6 is 0 Å². The Bertz CT molecular complexity index is 231. The van der Waals surface area contributed by atoms with Crippen LogP contribution in [0.2, 0.25) is 0 Å². The molecule has 14 heavy (non-hydrogen) atoms.